The summed E-state index contributed by atoms with van der Waals surface area (Å²) < 4.78 is 16.6. The minimum atomic E-state index is -0.510. The molecule has 2 aliphatic heterocycles. The van der Waals surface area contributed by atoms with Crippen LogP contribution in [0.2, 0.25) is 0 Å². The summed E-state index contributed by atoms with van der Waals surface area (Å²) in [6.07, 6.45) is 1.84. The highest BCUT2D eigenvalue weighted by Crippen LogP contribution is 2.47. The molecule has 2 heterocycles. The van der Waals surface area contributed by atoms with Crippen molar-refractivity contribution < 1.29 is 23.8 Å². The van der Waals surface area contributed by atoms with Gasteiger partial charge in [-0.1, -0.05) is 43.3 Å². The Morgan fingerprint density at radius 1 is 1.06 bits per heavy atom. The molecule has 0 radical (unpaired) electrons. The number of esters is 1. The maximum Gasteiger partial charge on any atom is 0.336 e. The van der Waals surface area contributed by atoms with E-state index in [0.29, 0.717) is 42.1 Å². The molecule has 0 aromatic heterocycles. The maximum absolute atomic E-state index is 13.6. The summed E-state index contributed by atoms with van der Waals surface area (Å²) in [6.45, 7) is 4.33. The van der Waals surface area contributed by atoms with Crippen LogP contribution in [0.4, 0.5) is 0 Å². The standard InChI is InChI=1S/C27H27NO5/c1-3-11-31-27(30)24-16(2)28-20-12-19(17-7-5-4-6-8-17)13-21(29)26(20)25(24)18-9-10-22-23(14-18)33-15-32-22/h4-10,14,19,25,28H,3,11-13,15H2,1-2H3/t19-,25-/m0/s1. The number of dihydropyridines is 1. The van der Waals surface area contributed by atoms with Crippen LogP contribution in [0.3, 0.4) is 0 Å². The molecule has 0 spiro atoms. The van der Waals surface area contributed by atoms with Gasteiger partial charge in [-0.05, 0) is 48.9 Å². The Bertz CT molecular complexity index is 1160. The third kappa shape index (κ3) is 3.90. The molecule has 2 aromatic carbocycles. The van der Waals surface area contributed by atoms with E-state index in [9.17, 15) is 9.59 Å². The van der Waals surface area contributed by atoms with Crippen molar-refractivity contribution in [1.29, 1.82) is 0 Å². The van der Waals surface area contributed by atoms with Gasteiger partial charge in [0.05, 0.1) is 12.2 Å². The van der Waals surface area contributed by atoms with Crippen LogP contribution >= 0.6 is 0 Å². The minimum absolute atomic E-state index is 0.0496. The van der Waals surface area contributed by atoms with Gasteiger partial charge in [-0.2, -0.15) is 0 Å². The first-order valence-corrected chi connectivity index (χ1v) is 11.4. The first-order chi connectivity index (χ1) is 16.1. The number of carbonyl (C=O) groups excluding carboxylic acids is 2. The quantitative estimate of drug-likeness (QED) is 0.671. The molecule has 2 aromatic rings. The fourth-order valence-electron chi connectivity index (χ4n) is 4.97. The molecule has 1 N–H and O–H groups in total. The van der Waals surface area contributed by atoms with Gasteiger partial charge in [0.25, 0.3) is 0 Å². The Labute approximate surface area is 193 Å². The summed E-state index contributed by atoms with van der Waals surface area (Å²) in [5, 5.41) is 3.39. The molecule has 5 rings (SSSR count). The monoisotopic (exact) mass is 445 g/mol. The smallest absolute Gasteiger partial charge is 0.336 e. The Morgan fingerprint density at radius 3 is 2.64 bits per heavy atom. The van der Waals surface area contributed by atoms with E-state index in [2.05, 4.69) is 17.4 Å². The molecule has 33 heavy (non-hydrogen) atoms. The number of benzene rings is 2. The lowest BCUT2D eigenvalue weighted by Gasteiger charge is -2.36. The molecule has 170 valence electrons. The highest BCUT2D eigenvalue weighted by atomic mass is 16.7. The summed E-state index contributed by atoms with van der Waals surface area (Å²) >= 11 is 0. The van der Waals surface area contributed by atoms with Crippen molar-refractivity contribution in [2.45, 2.75) is 44.9 Å². The normalized spacial score (nSPS) is 21.6. The predicted octanol–water partition coefficient (Wildman–Crippen LogP) is 4.73. The third-order valence-electron chi connectivity index (χ3n) is 6.49. The SMILES string of the molecule is CCCOC(=O)C1=C(C)NC2=C(C(=O)C[C@@H](c3ccccc3)C2)[C@H]1c1ccc2c(c1)OCO2. The van der Waals surface area contributed by atoms with Crippen LogP contribution in [0.15, 0.2) is 71.1 Å². The van der Waals surface area contributed by atoms with Crippen molar-refractivity contribution in [3.63, 3.8) is 0 Å². The summed E-state index contributed by atoms with van der Waals surface area (Å²) in [6, 6.07) is 15.7. The van der Waals surface area contributed by atoms with Crippen molar-refractivity contribution in [2.75, 3.05) is 13.4 Å². The van der Waals surface area contributed by atoms with E-state index >= 15 is 0 Å². The van der Waals surface area contributed by atoms with Gasteiger partial charge >= 0.3 is 5.97 Å². The number of Topliss-reactive ketones (excluding diaryl/α,β-unsaturated/α-hetero) is 1. The molecule has 0 fully saturated rings. The van der Waals surface area contributed by atoms with Crippen LogP contribution < -0.4 is 14.8 Å². The molecular formula is C27H27NO5. The van der Waals surface area contributed by atoms with Crippen LogP contribution in [0, 0.1) is 0 Å². The molecular weight excluding hydrogens is 418 g/mol. The van der Waals surface area contributed by atoms with Crippen LogP contribution in [-0.4, -0.2) is 25.2 Å². The number of allylic oxidation sites excluding steroid dienone is 3. The number of fused-ring (bicyclic) bond motifs is 1. The van der Waals surface area contributed by atoms with Crippen molar-refractivity contribution in [3.05, 3.63) is 82.2 Å². The first kappa shape index (κ1) is 21.3. The lowest BCUT2D eigenvalue weighted by molar-refractivity contribution is -0.139. The number of ketones is 1. The Hall–Kier alpha value is -3.54. The van der Waals surface area contributed by atoms with E-state index in [1.807, 2.05) is 50.2 Å². The Balaban J connectivity index is 1.58. The second-order valence-corrected chi connectivity index (χ2v) is 8.68. The molecule has 6 heteroatoms. The van der Waals surface area contributed by atoms with Crippen molar-refractivity contribution >= 4 is 11.8 Å². The number of ether oxygens (including phenoxy) is 3. The molecule has 0 unspecified atom stereocenters. The zero-order chi connectivity index (χ0) is 22.9. The first-order valence-electron chi connectivity index (χ1n) is 11.4. The van der Waals surface area contributed by atoms with Crippen LogP contribution in [-0.2, 0) is 14.3 Å². The minimum Gasteiger partial charge on any atom is -0.462 e. The van der Waals surface area contributed by atoms with Crippen LogP contribution in [0.25, 0.3) is 0 Å². The van der Waals surface area contributed by atoms with E-state index in [4.69, 9.17) is 14.2 Å². The van der Waals surface area contributed by atoms with Gasteiger partial charge < -0.3 is 19.5 Å². The summed E-state index contributed by atoms with van der Waals surface area (Å²) in [4.78, 5) is 26.7. The lowest BCUT2D eigenvalue weighted by atomic mass is 9.71. The fraction of sp³-hybridized carbons (Fsp3) is 0.333. The Morgan fingerprint density at radius 2 is 1.85 bits per heavy atom. The molecule has 0 amide bonds. The number of hydrogen-bond acceptors (Lipinski definition) is 6. The van der Waals surface area contributed by atoms with E-state index in [-0.39, 0.29) is 18.5 Å². The predicted molar refractivity (Wildman–Crippen MR) is 123 cm³/mol. The molecule has 3 aliphatic rings. The van der Waals surface area contributed by atoms with E-state index in [1.54, 1.807) is 0 Å². The zero-order valence-corrected chi connectivity index (χ0v) is 18.9. The van der Waals surface area contributed by atoms with Gasteiger partial charge in [0.1, 0.15) is 0 Å². The molecule has 1 aliphatic carbocycles. The maximum atomic E-state index is 13.6. The largest absolute Gasteiger partial charge is 0.462 e. The average molecular weight is 446 g/mol. The number of rotatable bonds is 5. The number of nitrogens with one attached hydrogen (secondary N) is 1. The Kier molecular flexibility index (Phi) is 5.67. The summed E-state index contributed by atoms with van der Waals surface area (Å²) in [5.41, 5.74) is 4.70. The number of carbonyl (C=O) groups is 2. The van der Waals surface area contributed by atoms with Crippen molar-refractivity contribution in [3.8, 4) is 11.5 Å². The van der Waals surface area contributed by atoms with E-state index < -0.39 is 11.9 Å². The van der Waals surface area contributed by atoms with Gasteiger partial charge in [-0.3, -0.25) is 4.79 Å². The van der Waals surface area contributed by atoms with Gasteiger partial charge in [0.15, 0.2) is 17.3 Å². The second kappa shape index (κ2) is 8.77. The van der Waals surface area contributed by atoms with Crippen LogP contribution in [0.5, 0.6) is 11.5 Å². The lowest BCUT2D eigenvalue weighted by Crippen LogP contribution is -2.36. The summed E-state index contributed by atoms with van der Waals surface area (Å²) in [7, 11) is 0. The zero-order valence-electron chi connectivity index (χ0n) is 18.9. The van der Waals surface area contributed by atoms with Gasteiger partial charge in [-0.25, -0.2) is 4.79 Å². The van der Waals surface area contributed by atoms with Gasteiger partial charge in [-0.15, -0.1) is 0 Å². The highest BCUT2D eigenvalue weighted by Gasteiger charge is 2.41. The summed E-state index contributed by atoms with van der Waals surface area (Å²) in [5.74, 6) is 0.532. The molecule has 2 atom stereocenters. The number of hydrogen-bond donors (Lipinski definition) is 1. The second-order valence-electron chi connectivity index (χ2n) is 8.68. The molecule has 0 bridgehead atoms. The molecule has 0 saturated carbocycles. The van der Waals surface area contributed by atoms with Gasteiger partial charge in [0.2, 0.25) is 6.79 Å². The molecule has 0 saturated heterocycles. The van der Waals surface area contributed by atoms with E-state index in [1.165, 1.54) is 0 Å². The van der Waals surface area contributed by atoms with Crippen molar-refractivity contribution in [1.82, 2.24) is 5.32 Å². The average Bonchev–Trinajstić information content (AvgIpc) is 3.30. The highest BCUT2D eigenvalue weighted by molar-refractivity contribution is 6.04. The van der Waals surface area contributed by atoms with Gasteiger partial charge in [0, 0.05) is 29.3 Å². The van der Waals surface area contributed by atoms with Crippen molar-refractivity contribution in [2.24, 2.45) is 0 Å². The molecule has 6 nitrogen and oxygen atoms in total. The third-order valence-corrected chi connectivity index (χ3v) is 6.49. The van der Waals surface area contributed by atoms with Crippen LogP contribution in [0.1, 0.15) is 56.1 Å². The van der Waals surface area contributed by atoms with E-state index in [0.717, 1.165) is 28.9 Å². The topological polar surface area (TPSA) is 73.9 Å². The fourth-order valence-corrected chi connectivity index (χ4v) is 4.97.